The summed E-state index contributed by atoms with van der Waals surface area (Å²) in [6.45, 7) is 0. The lowest BCUT2D eigenvalue weighted by molar-refractivity contribution is -0.129. The molecule has 7 nitrogen and oxygen atoms in total. The maximum absolute atomic E-state index is 13.1. The zero-order valence-corrected chi connectivity index (χ0v) is 19.2. The number of anilines is 1. The Kier molecular flexibility index (Phi) is 6.79. The Balaban J connectivity index is 1.60. The van der Waals surface area contributed by atoms with Gasteiger partial charge in [0.1, 0.15) is 11.3 Å². The lowest BCUT2D eigenvalue weighted by Gasteiger charge is -2.26. The summed E-state index contributed by atoms with van der Waals surface area (Å²) in [5, 5.41) is 2.17. The van der Waals surface area contributed by atoms with Gasteiger partial charge in [-0.1, -0.05) is 64.5 Å². The molecule has 1 aliphatic rings. The first kappa shape index (κ1) is 22.9. The number of esters is 1. The van der Waals surface area contributed by atoms with Crippen molar-refractivity contribution in [2.45, 2.75) is 0 Å². The summed E-state index contributed by atoms with van der Waals surface area (Å²) < 4.78 is 6.19. The molecule has 0 aromatic heterocycles. The first-order chi connectivity index (χ1) is 16.4. The minimum atomic E-state index is -0.847. The summed E-state index contributed by atoms with van der Waals surface area (Å²) >= 11 is 3.30. The fourth-order valence-corrected chi connectivity index (χ4v) is 3.47. The average molecular weight is 517 g/mol. The van der Waals surface area contributed by atoms with Gasteiger partial charge in [0.05, 0.1) is 5.69 Å². The van der Waals surface area contributed by atoms with E-state index < -0.39 is 23.8 Å². The molecule has 0 atom stereocenters. The van der Waals surface area contributed by atoms with Crippen molar-refractivity contribution in [3.8, 4) is 5.75 Å². The molecule has 34 heavy (non-hydrogen) atoms. The zero-order chi connectivity index (χ0) is 24.1. The van der Waals surface area contributed by atoms with Gasteiger partial charge in [0, 0.05) is 16.1 Å². The van der Waals surface area contributed by atoms with E-state index in [4.69, 9.17) is 4.74 Å². The summed E-state index contributed by atoms with van der Waals surface area (Å²) in [6, 6.07) is 21.4. The van der Waals surface area contributed by atoms with Gasteiger partial charge in [0.2, 0.25) is 0 Å². The first-order valence-corrected chi connectivity index (χ1v) is 10.9. The Bertz CT molecular complexity index is 1330. The quantitative estimate of drug-likeness (QED) is 0.229. The third-order valence-electron chi connectivity index (χ3n) is 4.83. The topological polar surface area (TPSA) is 92.8 Å². The molecule has 1 N–H and O–H groups in total. The monoisotopic (exact) mass is 516 g/mol. The molecule has 8 heteroatoms. The number of carbonyl (C=O) groups excluding carboxylic acids is 4. The molecule has 0 unspecified atom stereocenters. The molecule has 1 saturated heterocycles. The molecule has 0 aliphatic carbocycles. The highest BCUT2D eigenvalue weighted by molar-refractivity contribution is 9.10. The number of nitrogens with one attached hydrogen (secondary N) is 1. The lowest BCUT2D eigenvalue weighted by Crippen LogP contribution is -2.54. The number of hydrogen-bond acceptors (Lipinski definition) is 5. The number of nitrogens with zero attached hydrogens (tertiary/aromatic N) is 1. The highest BCUT2D eigenvalue weighted by Crippen LogP contribution is 2.26. The molecule has 168 valence electrons. The molecule has 1 fully saturated rings. The van der Waals surface area contributed by atoms with Gasteiger partial charge in [-0.2, -0.15) is 0 Å². The van der Waals surface area contributed by atoms with Gasteiger partial charge in [-0.05, 0) is 48.0 Å². The number of hydrogen-bond donors (Lipinski definition) is 1. The molecule has 0 spiro atoms. The second-order valence-corrected chi connectivity index (χ2v) is 8.05. The maximum atomic E-state index is 13.1. The number of barbiturate groups is 1. The zero-order valence-electron chi connectivity index (χ0n) is 17.6. The summed E-state index contributed by atoms with van der Waals surface area (Å²) in [5.74, 6) is -2.10. The van der Waals surface area contributed by atoms with Crippen molar-refractivity contribution >= 4 is 57.6 Å². The van der Waals surface area contributed by atoms with E-state index in [-0.39, 0.29) is 11.3 Å². The summed E-state index contributed by atoms with van der Waals surface area (Å²) in [5.41, 5.74) is 1.19. The number of para-hydroxylation sites is 1. The van der Waals surface area contributed by atoms with Gasteiger partial charge in [-0.3, -0.25) is 14.9 Å². The number of amides is 4. The van der Waals surface area contributed by atoms with E-state index in [1.54, 1.807) is 54.6 Å². The van der Waals surface area contributed by atoms with E-state index >= 15 is 0 Å². The second-order valence-electron chi connectivity index (χ2n) is 7.14. The van der Waals surface area contributed by atoms with Crippen LogP contribution in [0.2, 0.25) is 0 Å². The molecule has 1 heterocycles. The highest BCUT2D eigenvalue weighted by atomic mass is 79.9. The molecule has 3 aromatic carbocycles. The van der Waals surface area contributed by atoms with Gasteiger partial charge in [0.25, 0.3) is 11.8 Å². The predicted molar refractivity (Wildman–Crippen MR) is 131 cm³/mol. The largest absolute Gasteiger partial charge is 0.423 e. The molecular weight excluding hydrogens is 500 g/mol. The number of benzene rings is 3. The van der Waals surface area contributed by atoms with E-state index in [1.807, 2.05) is 30.3 Å². The van der Waals surface area contributed by atoms with E-state index in [2.05, 4.69) is 21.2 Å². The van der Waals surface area contributed by atoms with E-state index in [0.29, 0.717) is 11.3 Å². The average Bonchev–Trinajstić information content (AvgIpc) is 2.83. The van der Waals surface area contributed by atoms with Crippen LogP contribution < -0.4 is 15.0 Å². The van der Waals surface area contributed by atoms with Crippen LogP contribution in [0.25, 0.3) is 12.2 Å². The van der Waals surface area contributed by atoms with Gasteiger partial charge < -0.3 is 4.74 Å². The van der Waals surface area contributed by atoms with Crippen LogP contribution in [0.15, 0.2) is 95.0 Å². The van der Waals surface area contributed by atoms with Crippen molar-refractivity contribution in [2.75, 3.05) is 4.90 Å². The Morgan fingerprint density at radius 3 is 2.29 bits per heavy atom. The third kappa shape index (κ3) is 5.19. The van der Waals surface area contributed by atoms with E-state index in [0.717, 1.165) is 14.9 Å². The first-order valence-electron chi connectivity index (χ1n) is 10.1. The minimum Gasteiger partial charge on any atom is -0.423 e. The molecular formula is C26H17BrN2O5. The van der Waals surface area contributed by atoms with Gasteiger partial charge in [-0.25, -0.2) is 14.5 Å². The van der Waals surface area contributed by atoms with Crippen LogP contribution in [0.5, 0.6) is 5.75 Å². The van der Waals surface area contributed by atoms with E-state index in [1.165, 1.54) is 12.2 Å². The summed E-state index contributed by atoms with van der Waals surface area (Å²) in [7, 11) is 0. The van der Waals surface area contributed by atoms with Crippen LogP contribution in [0, 0.1) is 0 Å². The number of urea groups is 1. The standard InChI is InChI=1S/C26H17BrN2O5/c27-19-11-13-20(14-12-19)29-25(32)21(24(31)28-26(29)33)16-18-8-4-5-9-22(18)34-23(30)15-10-17-6-2-1-3-7-17/h1-16H,(H,28,31,33)/b15-10+,21-16-. The molecule has 0 radical (unpaired) electrons. The number of rotatable bonds is 5. The molecule has 4 rings (SSSR count). The predicted octanol–water partition coefficient (Wildman–Crippen LogP) is 4.73. The van der Waals surface area contributed by atoms with Crippen LogP contribution in [-0.4, -0.2) is 23.8 Å². The van der Waals surface area contributed by atoms with Crippen molar-refractivity contribution in [3.63, 3.8) is 0 Å². The Morgan fingerprint density at radius 2 is 1.56 bits per heavy atom. The number of imide groups is 2. The molecule has 1 aliphatic heterocycles. The molecule has 0 saturated carbocycles. The molecule has 0 bridgehead atoms. The number of carbonyl (C=O) groups is 4. The van der Waals surface area contributed by atoms with Crippen LogP contribution in [0.4, 0.5) is 10.5 Å². The van der Waals surface area contributed by atoms with Crippen molar-refractivity contribution in [2.24, 2.45) is 0 Å². The Hall–Kier alpha value is -4.30. The third-order valence-corrected chi connectivity index (χ3v) is 5.36. The van der Waals surface area contributed by atoms with Crippen molar-refractivity contribution in [3.05, 3.63) is 106 Å². The van der Waals surface area contributed by atoms with Crippen LogP contribution >= 0.6 is 15.9 Å². The van der Waals surface area contributed by atoms with Gasteiger partial charge in [-0.15, -0.1) is 0 Å². The normalized spacial score (nSPS) is 15.0. The smallest absolute Gasteiger partial charge is 0.336 e. The fourth-order valence-electron chi connectivity index (χ4n) is 3.20. The second kappa shape index (κ2) is 10.1. The van der Waals surface area contributed by atoms with Crippen LogP contribution in [0.3, 0.4) is 0 Å². The summed E-state index contributed by atoms with van der Waals surface area (Å²) in [4.78, 5) is 51.1. The van der Waals surface area contributed by atoms with Gasteiger partial charge >= 0.3 is 12.0 Å². The van der Waals surface area contributed by atoms with Crippen LogP contribution in [0.1, 0.15) is 11.1 Å². The van der Waals surface area contributed by atoms with Crippen molar-refractivity contribution in [1.82, 2.24) is 5.32 Å². The molecule has 3 aromatic rings. The fraction of sp³-hybridized carbons (Fsp3) is 0. The molecule has 4 amide bonds. The summed E-state index contributed by atoms with van der Waals surface area (Å²) in [6.07, 6.45) is 4.19. The SMILES string of the molecule is O=C(/C=C/c1ccccc1)Oc1ccccc1/C=C1/C(=O)NC(=O)N(c2ccc(Br)cc2)C1=O. The number of halogens is 1. The van der Waals surface area contributed by atoms with Crippen molar-refractivity contribution in [1.29, 1.82) is 0 Å². The van der Waals surface area contributed by atoms with Crippen LogP contribution in [-0.2, 0) is 14.4 Å². The Labute approximate surface area is 203 Å². The maximum Gasteiger partial charge on any atom is 0.336 e. The minimum absolute atomic E-state index is 0.158. The van der Waals surface area contributed by atoms with E-state index in [9.17, 15) is 19.2 Å². The lowest BCUT2D eigenvalue weighted by atomic mass is 10.1. The van der Waals surface area contributed by atoms with Crippen molar-refractivity contribution < 1.29 is 23.9 Å². The number of ether oxygens (including phenoxy) is 1. The van der Waals surface area contributed by atoms with Gasteiger partial charge in [0.15, 0.2) is 0 Å². The Morgan fingerprint density at radius 1 is 0.882 bits per heavy atom. The highest BCUT2D eigenvalue weighted by Gasteiger charge is 2.37.